The third-order valence-electron chi connectivity index (χ3n) is 4.56. The number of carbonyl (C=O) groups is 5. The van der Waals surface area contributed by atoms with Gasteiger partial charge in [-0.3, -0.25) is 19.3 Å². The number of carboxylic acid groups (broad SMARTS) is 1. The molecule has 3 heterocycles. The number of nitrogens with zero attached hydrogens (tertiary/aromatic N) is 2. The van der Waals surface area contributed by atoms with Gasteiger partial charge in [-0.15, -0.1) is 11.8 Å². The standard InChI is InChI=1S/C18H18N4O9S/c1-7(23)13(31-18(19)28)8-6-32-16-11(15(25)22(16)12(8)17(26)27)20-14(24)10(21-29-2)9-4-3-5-30-9/h3-5,11,13,16H,6H2,1-2H3,(H2,19,28)(H,20,24)(H,26,27)/t11-,13?,16+/m1/s1. The molecule has 2 aliphatic heterocycles. The maximum absolute atomic E-state index is 12.8. The molecule has 3 amide bonds. The van der Waals surface area contributed by atoms with Crippen molar-refractivity contribution in [2.45, 2.75) is 24.4 Å². The Hall–Kier alpha value is -3.81. The van der Waals surface area contributed by atoms with Crippen LogP contribution in [0.25, 0.3) is 0 Å². The fourth-order valence-electron chi connectivity index (χ4n) is 3.27. The molecule has 0 aromatic carbocycles. The minimum Gasteiger partial charge on any atom is -0.477 e. The highest BCUT2D eigenvalue weighted by atomic mass is 32.2. The molecule has 1 aromatic rings. The predicted molar refractivity (Wildman–Crippen MR) is 107 cm³/mol. The van der Waals surface area contributed by atoms with Crippen molar-refractivity contribution in [3.05, 3.63) is 35.4 Å². The quantitative estimate of drug-likeness (QED) is 0.254. The number of carboxylic acids is 1. The lowest BCUT2D eigenvalue weighted by atomic mass is 9.98. The second-order valence-corrected chi connectivity index (χ2v) is 7.67. The molecule has 13 nitrogen and oxygen atoms in total. The van der Waals surface area contributed by atoms with Crippen LogP contribution >= 0.6 is 11.8 Å². The van der Waals surface area contributed by atoms with Crippen molar-refractivity contribution in [2.75, 3.05) is 12.9 Å². The lowest BCUT2D eigenvalue weighted by molar-refractivity contribution is -0.150. The number of ether oxygens (including phenoxy) is 1. The molecule has 4 N–H and O–H groups in total. The summed E-state index contributed by atoms with van der Waals surface area (Å²) in [6, 6.07) is 1.93. The van der Waals surface area contributed by atoms with Gasteiger partial charge in [0.1, 0.15) is 24.2 Å². The molecule has 1 saturated heterocycles. The molecular weight excluding hydrogens is 448 g/mol. The Labute approximate surface area is 184 Å². The molecule has 0 spiro atoms. The molecule has 0 saturated carbocycles. The van der Waals surface area contributed by atoms with Crippen LogP contribution in [-0.4, -0.2) is 75.8 Å². The summed E-state index contributed by atoms with van der Waals surface area (Å²) in [5.41, 5.74) is 4.19. The van der Waals surface area contributed by atoms with E-state index in [9.17, 15) is 29.1 Å². The van der Waals surface area contributed by atoms with Gasteiger partial charge >= 0.3 is 12.1 Å². The van der Waals surface area contributed by atoms with E-state index in [-0.39, 0.29) is 22.8 Å². The van der Waals surface area contributed by atoms with E-state index >= 15 is 0 Å². The van der Waals surface area contributed by atoms with Crippen molar-refractivity contribution in [1.82, 2.24) is 10.2 Å². The molecule has 1 aromatic heterocycles. The zero-order chi connectivity index (χ0) is 23.6. The van der Waals surface area contributed by atoms with Gasteiger partial charge in [-0.1, -0.05) is 5.16 Å². The SMILES string of the molecule is CON=C(C(=O)N[C@@H]1C(=O)N2C(C(=O)O)=C(C(OC(N)=O)C(C)=O)CS[C@@H]12)c1ccco1. The number of furan rings is 1. The van der Waals surface area contributed by atoms with Crippen molar-refractivity contribution in [2.24, 2.45) is 10.9 Å². The van der Waals surface area contributed by atoms with Crippen LogP contribution in [0, 0.1) is 0 Å². The monoisotopic (exact) mass is 466 g/mol. The van der Waals surface area contributed by atoms with E-state index < -0.39 is 52.9 Å². The Morgan fingerprint density at radius 3 is 2.66 bits per heavy atom. The van der Waals surface area contributed by atoms with Crippen molar-refractivity contribution in [1.29, 1.82) is 0 Å². The van der Waals surface area contributed by atoms with Crippen LogP contribution in [0.3, 0.4) is 0 Å². The van der Waals surface area contributed by atoms with Gasteiger partial charge in [-0.2, -0.15) is 0 Å². The van der Waals surface area contributed by atoms with Crippen LogP contribution < -0.4 is 11.1 Å². The number of ketones is 1. The van der Waals surface area contributed by atoms with Crippen LogP contribution in [0.4, 0.5) is 4.79 Å². The number of thioether (sulfide) groups is 1. The van der Waals surface area contributed by atoms with Gasteiger partial charge in [0, 0.05) is 11.3 Å². The smallest absolute Gasteiger partial charge is 0.405 e. The number of fused-ring (bicyclic) bond motifs is 1. The number of oxime groups is 1. The third-order valence-corrected chi connectivity index (χ3v) is 5.86. The number of hydrogen-bond acceptors (Lipinski definition) is 10. The van der Waals surface area contributed by atoms with E-state index in [1.165, 1.54) is 25.5 Å². The van der Waals surface area contributed by atoms with E-state index in [0.29, 0.717) is 0 Å². The number of nitrogens with two attached hydrogens (primary N) is 1. The number of amides is 3. The summed E-state index contributed by atoms with van der Waals surface area (Å²) in [7, 11) is 1.23. The number of aliphatic carboxylic acids is 1. The Morgan fingerprint density at radius 2 is 2.12 bits per heavy atom. The van der Waals surface area contributed by atoms with Crippen LogP contribution in [0.2, 0.25) is 0 Å². The zero-order valence-electron chi connectivity index (χ0n) is 16.8. The lowest BCUT2D eigenvalue weighted by Crippen LogP contribution is -2.71. The van der Waals surface area contributed by atoms with Crippen molar-refractivity contribution in [3.63, 3.8) is 0 Å². The van der Waals surface area contributed by atoms with Crippen LogP contribution in [0.1, 0.15) is 12.7 Å². The number of β-lactam (4-membered cyclic amide) rings is 1. The predicted octanol–water partition coefficient (Wildman–Crippen LogP) is -0.578. The fraction of sp³-hybridized carbons (Fsp3) is 0.333. The van der Waals surface area contributed by atoms with Crippen molar-refractivity contribution >= 4 is 47.1 Å². The molecule has 0 radical (unpaired) electrons. The van der Waals surface area contributed by atoms with Gasteiger partial charge in [0.25, 0.3) is 11.8 Å². The Kier molecular flexibility index (Phi) is 6.53. The molecule has 14 heteroatoms. The lowest BCUT2D eigenvalue weighted by Gasteiger charge is -2.49. The summed E-state index contributed by atoms with van der Waals surface area (Å²) in [5, 5.41) is 15.0. The number of primary amides is 1. The molecule has 1 unspecified atom stereocenters. The molecule has 3 rings (SSSR count). The van der Waals surface area contributed by atoms with Gasteiger partial charge < -0.3 is 30.1 Å². The number of carbonyl (C=O) groups excluding carboxylic acids is 4. The number of Topliss-reactive ketones (excluding diaryl/α,β-unsaturated/α-hetero) is 1. The van der Waals surface area contributed by atoms with Crippen LogP contribution in [-0.2, 0) is 28.8 Å². The van der Waals surface area contributed by atoms with Gasteiger partial charge in [0.15, 0.2) is 17.6 Å². The number of nitrogens with one attached hydrogen (secondary N) is 1. The Morgan fingerprint density at radius 1 is 1.41 bits per heavy atom. The van der Waals surface area contributed by atoms with Crippen LogP contribution in [0.15, 0.2) is 39.2 Å². The highest BCUT2D eigenvalue weighted by Gasteiger charge is 2.55. The first-order valence-electron chi connectivity index (χ1n) is 9.00. The zero-order valence-corrected chi connectivity index (χ0v) is 17.6. The van der Waals surface area contributed by atoms with Crippen LogP contribution in [0.5, 0.6) is 0 Å². The number of hydrogen-bond donors (Lipinski definition) is 3. The second-order valence-electron chi connectivity index (χ2n) is 6.57. The first-order chi connectivity index (χ1) is 15.2. The third kappa shape index (κ3) is 4.16. The van der Waals surface area contributed by atoms with E-state index in [1.807, 2.05) is 0 Å². The van der Waals surface area contributed by atoms with Crippen molar-refractivity contribution < 1.29 is 43.1 Å². The average molecular weight is 466 g/mol. The molecule has 32 heavy (non-hydrogen) atoms. The molecule has 0 bridgehead atoms. The Balaban J connectivity index is 1.86. The summed E-state index contributed by atoms with van der Waals surface area (Å²) >= 11 is 1.08. The largest absolute Gasteiger partial charge is 0.477 e. The minimum atomic E-state index is -1.55. The summed E-state index contributed by atoms with van der Waals surface area (Å²) < 4.78 is 9.91. The highest BCUT2D eigenvalue weighted by molar-refractivity contribution is 8.00. The molecule has 1 fully saturated rings. The van der Waals surface area contributed by atoms with Gasteiger partial charge in [0.05, 0.1) is 6.26 Å². The molecular formula is C18H18N4O9S. The number of rotatable bonds is 8. The maximum Gasteiger partial charge on any atom is 0.405 e. The Bertz CT molecular complexity index is 1030. The van der Waals surface area contributed by atoms with E-state index in [0.717, 1.165) is 23.6 Å². The first kappa shape index (κ1) is 22.9. The van der Waals surface area contributed by atoms with E-state index in [4.69, 9.17) is 14.9 Å². The topological polar surface area (TPSA) is 191 Å². The van der Waals surface area contributed by atoms with Gasteiger partial charge in [0.2, 0.25) is 5.71 Å². The second kappa shape index (κ2) is 9.13. The minimum absolute atomic E-state index is 0.0584. The van der Waals surface area contributed by atoms with E-state index in [2.05, 4.69) is 15.3 Å². The molecule has 3 atom stereocenters. The summed E-state index contributed by atoms with van der Waals surface area (Å²) in [6.07, 6.45) is -1.49. The fourth-order valence-corrected chi connectivity index (χ4v) is 4.65. The normalized spacial score (nSPS) is 21.2. The van der Waals surface area contributed by atoms with Gasteiger partial charge in [-0.25, -0.2) is 9.59 Å². The summed E-state index contributed by atoms with van der Waals surface area (Å²) in [6.45, 7) is 1.10. The maximum atomic E-state index is 12.8. The highest BCUT2D eigenvalue weighted by Crippen LogP contribution is 2.41. The summed E-state index contributed by atoms with van der Waals surface area (Å²) in [4.78, 5) is 66.0. The molecule has 170 valence electrons. The van der Waals surface area contributed by atoms with E-state index in [1.54, 1.807) is 0 Å². The first-order valence-corrected chi connectivity index (χ1v) is 10.1. The molecule has 0 aliphatic carbocycles. The van der Waals surface area contributed by atoms with Gasteiger partial charge in [-0.05, 0) is 19.1 Å². The molecule has 2 aliphatic rings. The van der Waals surface area contributed by atoms with Crippen molar-refractivity contribution in [3.8, 4) is 0 Å². The average Bonchev–Trinajstić information content (AvgIpc) is 3.26. The summed E-state index contributed by atoms with van der Waals surface area (Å²) in [5.74, 6) is -3.62.